The fraction of sp³-hybridized carbons (Fsp3) is 0.591. The Morgan fingerprint density at radius 3 is 2.36 bits per heavy atom. The summed E-state index contributed by atoms with van der Waals surface area (Å²) in [5, 5.41) is 18.1. The molecule has 1 aliphatic heterocycles. The Morgan fingerprint density at radius 1 is 1.06 bits per heavy atom. The lowest BCUT2D eigenvalue weighted by Gasteiger charge is -2.42. The van der Waals surface area contributed by atoms with Crippen LogP contribution in [0.2, 0.25) is 5.02 Å². The number of aromatic nitrogens is 7. The minimum atomic E-state index is -0.559. The molecule has 0 radical (unpaired) electrons. The Morgan fingerprint density at radius 2 is 1.76 bits per heavy atom. The largest absolute Gasteiger partial charge is 0.466 e. The van der Waals surface area contributed by atoms with Crippen LogP contribution in [0.4, 0.5) is 0 Å². The third kappa shape index (κ3) is 5.02. The van der Waals surface area contributed by atoms with E-state index in [9.17, 15) is 0 Å². The van der Waals surface area contributed by atoms with Crippen molar-refractivity contribution in [2.75, 3.05) is 26.3 Å². The molecule has 0 unspecified atom stereocenters. The number of halogens is 1. The first kappa shape index (κ1) is 23.6. The smallest absolute Gasteiger partial charge is 0.215 e. The Hall–Kier alpha value is -2.56. The fourth-order valence-corrected chi connectivity index (χ4v) is 4.35. The zero-order valence-corrected chi connectivity index (χ0v) is 20.5. The van der Waals surface area contributed by atoms with Crippen LogP contribution in [0.15, 0.2) is 36.9 Å². The molecular weight excluding hydrogens is 444 g/mol. The van der Waals surface area contributed by atoms with Gasteiger partial charge in [0.2, 0.25) is 6.23 Å². The lowest BCUT2D eigenvalue weighted by molar-refractivity contribution is -0.0282. The van der Waals surface area contributed by atoms with Crippen molar-refractivity contribution >= 4 is 11.6 Å². The first-order chi connectivity index (χ1) is 15.7. The van der Waals surface area contributed by atoms with Crippen LogP contribution in [-0.2, 0) is 10.3 Å². The molecule has 0 amide bonds. The van der Waals surface area contributed by atoms with Gasteiger partial charge in [0, 0.05) is 18.1 Å². The van der Waals surface area contributed by atoms with E-state index < -0.39 is 11.8 Å². The van der Waals surface area contributed by atoms with E-state index >= 15 is 0 Å². The highest BCUT2D eigenvalue weighted by Gasteiger charge is 2.44. The molecule has 4 rings (SSSR count). The van der Waals surface area contributed by atoms with Crippen molar-refractivity contribution < 1.29 is 9.47 Å². The average molecular weight is 475 g/mol. The molecule has 1 aromatic carbocycles. The van der Waals surface area contributed by atoms with Gasteiger partial charge in [-0.1, -0.05) is 32.4 Å². The van der Waals surface area contributed by atoms with Crippen LogP contribution in [0.3, 0.4) is 0 Å². The van der Waals surface area contributed by atoms with Gasteiger partial charge in [-0.05, 0) is 54.0 Å². The summed E-state index contributed by atoms with van der Waals surface area (Å²) >= 11 is 6.08. The van der Waals surface area contributed by atoms with Gasteiger partial charge >= 0.3 is 0 Å². The highest BCUT2D eigenvalue weighted by atomic mass is 35.5. The van der Waals surface area contributed by atoms with Gasteiger partial charge in [0.1, 0.15) is 24.4 Å². The Balaban J connectivity index is 1.77. The number of benzene rings is 1. The summed E-state index contributed by atoms with van der Waals surface area (Å²) in [6.45, 7) is 13.7. The maximum atomic E-state index is 6.49. The number of hydrogen-bond acceptors (Lipinski definition) is 8. The molecule has 2 atom stereocenters. The molecule has 0 aliphatic carbocycles. The maximum Gasteiger partial charge on any atom is 0.215 e. The Kier molecular flexibility index (Phi) is 6.69. The van der Waals surface area contributed by atoms with Gasteiger partial charge in [-0.3, -0.25) is 4.90 Å². The quantitative estimate of drug-likeness (QED) is 0.514. The number of tetrazole rings is 1. The van der Waals surface area contributed by atoms with E-state index in [0.717, 1.165) is 18.9 Å². The van der Waals surface area contributed by atoms with Crippen LogP contribution in [0.5, 0.6) is 5.75 Å². The Labute approximate surface area is 198 Å². The van der Waals surface area contributed by atoms with Gasteiger partial charge in [-0.15, -0.1) is 5.10 Å². The number of morpholine rings is 1. The predicted octanol–water partition coefficient (Wildman–Crippen LogP) is 3.35. The van der Waals surface area contributed by atoms with E-state index in [4.69, 9.17) is 21.1 Å². The summed E-state index contributed by atoms with van der Waals surface area (Å²) < 4.78 is 15.6. The molecule has 10 nitrogen and oxygen atoms in total. The average Bonchev–Trinajstić information content (AvgIpc) is 3.47. The van der Waals surface area contributed by atoms with Gasteiger partial charge in [0.25, 0.3) is 0 Å². The molecule has 11 heteroatoms. The minimum Gasteiger partial charge on any atom is -0.466 e. The third-order valence-electron chi connectivity index (χ3n) is 6.03. The first-order valence-corrected chi connectivity index (χ1v) is 11.4. The van der Waals surface area contributed by atoms with Gasteiger partial charge < -0.3 is 9.47 Å². The molecule has 0 bridgehead atoms. The van der Waals surface area contributed by atoms with Crippen molar-refractivity contribution in [2.45, 2.75) is 52.4 Å². The second kappa shape index (κ2) is 9.36. The van der Waals surface area contributed by atoms with Crippen molar-refractivity contribution in [3.8, 4) is 5.75 Å². The molecule has 1 aliphatic rings. The topological polar surface area (TPSA) is 96.0 Å². The van der Waals surface area contributed by atoms with Gasteiger partial charge in [-0.2, -0.15) is 5.10 Å². The summed E-state index contributed by atoms with van der Waals surface area (Å²) in [6.07, 6.45) is 2.59. The first-order valence-electron chi connectivity index (χ1n) is 11.1. The van der Waals surface area contributed by atoms with Crippen molar-refractivity contribution in [2.24, 2.45) is 5.41 Å². The van der Waals surface area contributed by atoms with Crippen LogP contribution >= 0.6 is 11.6 Å². The molecule has 0 N–H and O–H groups in total. The number of ether oxygens (including phenoxy) is 2. The minimum absolute atomic E-state index is 0.297. The number of hydrogen-bond donors (Lipinski definition) is 0. The molecular formula is C22H31ClN8O2. The van der Waals surface area contributed by atoms with Crippen molar-refractivity contribution in [1.29, 1.82) is 0 Å². The number of nitrogens with zero attached hydrogens (tertiary/aromatic N) is 8. The van der Waals surface area contributed by atoms with E-state index in [0.29, 0.717) is 24.0 Å². The predicted molar refractivity (Wildman–Crippen MR) is 123 cm³/mol. The zero-order chi connectivity index (χ0) is 23.6. The summed E-state index contributed by atoms with van der Waals surface area (Å²) in [7, 11) is 0. The van der Waals surface area contributed by atoms with Crippen LogP contribution in [0, 0.1) is 5.41 Å². The lowest BCUT2D eigenvalue weighted by Crippen LogP contribution is -2.50. The molecule has 0 spiro atoms. The van der Waals surface area contributed by atoms with Gasteiger partial charge in [0.05, 0.1) is 18.8 Å². The van der Waals surface area contributed by atoms with E-state index in [-0.39, 0.29) is 11.5 Å². The second-order valence-corrected chi connectivity index (χ2v) is 10.2. The molecule has 1 fully saturated rings. The molecule has 2 aromatic heterocycles. The van der Waals surface area contributed by atoms with Crippen molar-refractivity contribution in [3.63, 3.8) is 0 Å². The SMILES string of the molecule is CC(C)(C)[C@@H]([C@@H](Oc1ccc(Cl)cc1)n1cncn1)n1nnnc1C(C)(C)N1CCOCC1. The fourth-order valence-electron chi connectivity index (χ4n) is 4.23. The third-order valence-corrected chi connectivity index (χ3v) is 6.28. The summed E-state index contributed by atoms with van der Waals surface area (Å²) in [5.74, 6) is 1.42. The van der Waals surface area contributed by atoms with E-state index in [1.54, 1.807) is 23.1 Å². The Bertz CT molecular complexity index is 1020. The standard InChI is InChI=1S/C22H31ClN8O2/c1-21(2,3)18(19(30-15-24-14-25-30)33-17-8-6-16(23)7-9-17)31-20(26-27-28-31)22(4,5)29-10-12-32-13-11-29/h6-9,14-15,18-19H,10-13H2,1-5H3/t18-,19-/m1/s1. The summed E-state index contributed by atoms with van der Waals surface area (Å²) in [6, 6.07) is 6.96. The highest BCUT2D eigenvalue weighted by molar-refractivity contribution is 6.30. The highest BCUT2D eigenvalue weighted by Crippen LogP contribution is 2.42. The number of rotatable bonds is 7. The summed E-state index contributed by atoms with van der Waals surface area (Å²) in [5.41, 5.74) is -0.710. The van der Waals surface area contributed by atoms with E-state index in [1.807, 2.05) is 16.8 Å². The molecule has 3 aromatic rings. The van der Waals surface area contributed by atoms with Crippen LogP contribution in [0.25, 0.3) is 0 Å². The molecule has 1 saturated heterocycles. The summed E-state index contributed by atoms with van der Waals surface area (Å²) in [4.78, 5) is 6.51. The molecule has 178 valence electrons. The molecule has 0 saturated carbocycles. The maximum absolute atomic E-state index is 6.49. The van der Waals surface area contributed by atoms with Gasteiger partial charge in [0.15, 0.2) is 5.82 Å². The zero-order valence-electron chi connectivity index (χ0n) is 19.7. The monoisotopic (exact) mass is 474 g/mol. The van der Waals surface area contributed by atoms with Crippen molar-refractivity contribution in [3.05, 3.63) is 47.8 Å². The van der Waals surface area contributed by atoms with E-state index in [2.05, 4.69) is 65.1 Å². The van der Waals surface area contributed by atoms with Crippen molar-refractivity contribution in [1.82, 2.24) is 39.9 Å². The van der Waals surface area contributed by atoms with E-state index in [1.165, 1.54) is 6.33 Å². The molecule has 3 heterocycles. The normalized spacial score (nSPS) is 17.6. The second-order valence-electron chi connectivity index (χ2n) is 9.75. The lowest BCUT2D eigenvalue weighted by atomic mass is 9.85. The van der Waals surface area contributed by atoms with Crippen LogP contribution in [0.1, 0.15) is 52.7 Å². The molecule has 33 heavy (non-hydrogen) atoms. The van der Waals surface area contributed by atoms with Crippen LogP contribution in [-0.4, -0.2) is 66.2 Å². The van der Waals surface area contributed by atoms with Gasteiger partial charge in [-0.25, -0.2) is 14.3 Å². The van der Waals surface area contributed by atoms with Crippen LogP contribution < -0.4 is 4.74 Å².